The molecule has 9 heteroatoms. The van der Waals surface area contributed by atoms with Crippen LogP contribution in [0, 0.1) is 0 Å². The molecule has 1 atom stereocenters. The van der Waals surface area contributed by atoms with Crippen LogP contribution >= 0.6 is 0 Å². The molecule has 1 saturated heterocycles. The summed E-state index contributed by atoms with van der Waals surface area (Å²) in [5.74, 6) is 1.14. The molecule has 0 saturated carbocycles. The van der Waals surface area contributed by atoms with Crippen molar-refractivity contribution in [3.8, 4) is 0 Å². The van der Waals surface area contributed by atoms with Gasteiger partial charge < -0.3 is 25.6 Å². The predicted octanol–water partition coefficient (Wildman–Crippen LogP) is -0.545. The van der Waals surface area contributed by atoms with Crippen molar-refractivity contribution in [2.75, 3.05) is 51.3 Å². The molecule has 1 aromatic rings. The van der Waals surface area contributed by atoms with E-state index in [1.54, 1.807) is 25.6 Å². The van der Waals surface area contributed by atoms with E-state index < -0.39 is 0 Å². The van der Waals surface area contributed by atoms with E-state index in [1.165, 1.54) is 0 Å². The van der Waals surface area contributed by atoms with Crippen LogP contribution < -0.4 is 16.0 Å². The number of carbonyl (C=O) groups excluding carboxylic acids is 1. The molecule has 0 aliphatic carbocycles. The van der Waals surface area contributed by atoms with Gasteiger partial charge in [0, 0.05) is 58.1 Å². The fourth-order valence-corrected chi connectivity index (χ4v) is 2.63. The zero-order chi connectivity index (χ0) is 18.1. The standard InChI is InChI=1S/C16H27N7O2/c1-13(12-25-2)21-15(17)18-7-4-14(24)22-8-10-23(11-9-22)16-19-5-3-6-20-16/h3,5-6,13H,4,7-12H2,1-2H3,(H3,17,18,21). The molecule has 0 radical (unpaired) electrons. The fourth-order valence-electron chi connectivity index (χ4n) is 2.63. The number of hydrogen-bond donors (Lipinski definition) is 2. The fraction of sp³-hybridized carbons (Fsp3) is 0.625. The van der Waals surface area contributed by atoms with E-state index in [-0.39, 0.29) is 11.9 Å². The third-order valence-corrected chi connectivity index (χ3v) is 3.89. The predicted molar refractivity (Wildman–Crippen MR) is 96.4 cm³/mol. The molecule has 2 rings (SSSR count). The highest BCUT2D eigenvalue weighted by Crippen LogP contribution is 2.10. The summed E-state index contributed by atoms with van der Waals surface area (Å²) in [5.41, 5.74) is 5.79. The summed E-state index contributed by atoms with van der Waals surface area (Å²) in [5, 5.41) is 3.02. The van der Waals surface area contributed by atoms with Crippen LogP contribution in [-0.2, 0) is 9.53 Å². The highest BCUT2D eigenvalue weighted by Gasteiger charge is 2.21. The van der Waals surface area contributed by atoms with Gasteiger partial charge in [-0.15, -0.1) is 0 Å². The quantitative estimate of drug-likeness (QED) is 0.502. The number of aliphatic imine (C=N–C) groups is 1. The number of rotatable bonds is 7. The molecular weight excluding hydrogens is 322 g/mol. The number of ether oxygens (including phenoxy) is 1. The van der Waals surface area contributed by atoms with Crippen molar-refractivity contribution >= 4 is 17.8 Å². The van der Waals surface area contributed by atoms with E-state index >= 15 is 0 Å². The third kappa shape index (κ3) is 6.18. The van der Waals surface area contributed by atoms with Gasteiger partial charge in [-0.05, 0) is 13.0 Å². The van der Waals surface area contributed by atoms with Crippen LogP contribution in [0.2, 0.25) is 0 Å². The second kappa shape index (κ2) is 9.77. The molecule has 0 bridgehead atoms. The van der Waals surface area contributed by atoms with Crippen molar-refractivity contribution in [1.29, 1.82) is 0 Å². The Morgan fingerprint density at radius 1 is 1.36 bits per heavy atom. The van der Waals surface area contributed by atoms with Crippen LogP contribution in [0.4, 0.5) is 5.95 Å². The monoisotopic (exact) mass is 349 g/mol. The second-order valence-electron chi connectivity index (χ2n) is 5.93. The first-order valence-corrected chi connectivity index (χ1v) is 8.45. The lowest BCUT2D eigenvalue weighted by molar-refractivity contribution is -0.131. The Morgan fingerprint density at radius 3 is 2.68 bits per heavy atom. The maximum absolute atomic E-state index is 12.3. The molecule has 138 valence electrons. The van der Waals surface area contributed by atoms with Crippen LogP contribution in [-0.4, -0.2) is 79.2 Å². The first kappa shape index (κ1) is 18.9. The minimum atomic E-state index is 0.0812. The van der Waals surface area contributed by atoms with Crippen molar-refractivity contribution in [2.45, 2.75) is 19.4 Å². The number of aromatic nitrogens is 2. The van der Waals surface area contributed by atoms with Crippen LogP contribution in [0.15, 0.2) is 23.5 Å². The van der Waals surface area contributed by atoms with Gasteiger partial charge >= 0.3 is 0 Å². The summed E-state index contributed by atoms with van der Waals surface area (Å²) in [6, 6.07) is 1.87. The van der Waals surface area contributed by atoms with Crippen molar-refractivity contribution in [3.63, 3.8) is 0 Å². The van der Waals surface area contributed by atoms with E-state index in [4.69, 9.17) is 10.5 Å². The average Bonchev–Trinajstić information content (AvgIpc) is 2.62. The maximum Gasteiger partial charge on any atom is 0.225 e. The highest BCUT2D eigenvalue weighted by molar-refractivity contribution is 5.79. The summed E-state index contributed by atoms with van der Waals surface area (Å²) in [6.45, 7) is 5.67. The van der Waals surface area contributed by atoms with E-state index in [0.29, 0.717) is 44.6 Å². The van der Waals surface area contributed by atoms with Gasteiger partial charge in [0.25, 0.3) is 0 Å². The number of anilines is 1. The van der Waals surface area contributed by atoms with Gasteiger partial charge in [-0.25, -0.2) is 9.97 Å². The molecule has 25 heavy (non-hydrogen) atoms. The molecule has 1 aromatic heterocycles. The topological polar surface area (TPSA) is 109 Å². The molecule has 1 unspecified atom stereocenters. The summed E-state index contributed by atoms with van der Waals surface area (Å²) in [6.07, 6.45) is 3.80. The minimum absolute atomic E-state index is 0.0812. The molecule has 1 fully saturated rings. The molecule has 2 heterocycles. The Kier molecular flexibility index (Phi) is 7.39. The largest absolute Gasteiger partial charge is 0.383 e. The Morgan fingerprint density at radius 2 is 2.04 bits per heavy atom. The van der Waals surface area contributed by atoms with Gasteiger partial charge in [0.1, 0.15) is 0 Å². The lowest BCUT2D eigenvalue weighted by Gasteiger charge is -2.34. The van der Waals surface area contributed by atoms with E-state index in [0.717, 1.165) is 13.1 Å². The number of piperazine rings is 1. The molecule has 3 N–H and O–H groups in total. The summed E-state index contributed by atoms with van der Waals surface area (Å²) < 4.78 is 5.02. The van der Waals surface area contributed by atoms with Crippen molar-refractivity contribution in [2.24, 2.45) is 10.7 Å². The summed E-state index contributed by atoms with van der Waals surface area (Å²) >= 11 is 0. The second-order valence-corrected chi connectivity index (χ2v) is 5.93. The van der Waals surface area contributed by atoms with Crippen molar-refractivity contribution in [1.82, 2.24) is 20.2 Å². The SMILES string of the molecule is COCC(C)NC(N)=NCCC(=O)N1CCN(c2ncccn2)CC1. The number of nitrogens with one attached hydrogen (secondary N) is 1. The molecular formula is C16H27N7O2. The van der Waals surface area contributed by atoms with Gasteiger partial charge in [0.2, 0.25) is 11.9 Å². The number of nitrogens with two attached hydrogens (primary N) is 1. The van der Waals surface area contributed by atoms with Gasteiger partial charge in [-0.3, -0.25) is 9.79 Å². The minimum Gasteiger partial charge on any atom is -0.383 e. The third-order valence-electron chi connectivity index (χ3n) is 3.89. The zero-order valence-electron chi connectivity index (χ0n) is 14.9. The summed E-state index contributed by atoms with van der Waals surface area (Å²) in [7, 11) is 1.63. The smallest absolute Gasteiger partial charge is 0.225 e. The zero-order valence-corrected chi connectivity index (χ0v) is 14.9. The molecule has 0 aromatic carbocycles. The van der Waals surface area contributed by atoms with Gasteiger partial charge in [0.15, 0.2) is 5.96 Å². The molecule has 1 aliphatic heterocycles. The van der Waals surface area contributed by atoms with Crippen molar-refractivity contribution < 1.29 is 9.53 Å². The average molecular weight is 349 g/mol. The molecule has 0 spiro atoms. The van der Waals surface area contributed by atoms with Crippen LogP contribution in [0.1, 0.15) is 13.3 Å². The number of carbonyl (C=O) groups is 1. The van der Waals surface area contributed by atoms with Gasteiger partial charge in [-0.2, -0.15) is 0 Å². The number of nitrogens with zero attached hydrogens (tertiary/aromatic N) is 5. The lowest BCUT2D eigenvalue weighted by Crippen LogP contribution is -2.49. The van der Waals surface area contributed by atoms with E-state index in [1.807, 2.05) is 11.8 Å². The first-order valence-electron chi connectivity index (χ1n) is 8.45. The Bertz CT molecular complexity index is 559. The van der Waals surface area contributed by atoms with Crippen LogP contribution in [0.25, 0.3) is 0 Å². The molecule has 9 nitrogen and oxygen atoms in total. The first-order chi connectivity index (χ1) is 12.1. The van der Waals surface area contributed by atoms with Crippen LogP contribution in [0.5, 0.6) is 0 Å². The molecule has 1 amide bonds. The number of guanidine groups is 1. The van der Waals surface area contributed by atoms with Gasteiger partial charge in [0.05, 0.1) is 13.2 Å². The Balaban J connectivity index is 1.70. The van der Waals surface area contributed by atoms with E-state index in [9.17, 15) is 4.79 Å². The summed E-state index contributed by atoms with van der Waals surface area (Å²) in [4.78, 5) is 28.9. The Labute approximate surface area is 148 Å². The van der Waals surface area contributed by atoms with Gasteiger partial charge in [-0.1, -0.05) is 0 Å². The van der Waals surface area contributed by atoms with Crippen molar-refractivity contribution in [3.05, 3.63) is 18.5 Å². The lowest BCUT2D eigenvalue weighted by atomic mass is 10.3. The highest BCUT2D eigenvalue weighted by atomic mass is 16.5. The number of amides is 1. The van der Waals surface area contributed by atoms with E-state index in [2.05, 4.69) is 25.2 Å². The van der Waals surface area contributed by atoms with Crippen LogP contribution in [0.3, 0.4) is 0 Å². The molecule has 1 aliphatic rings. The maximum atomic E-state index is 12.3. The number of hydrogen-bond acceptors (Lipinski definition) is 6. The number of methoxy groups -OCH3 is 1. The normalized spacial score (nSPS) is 16.6. The Hall–Kier alpha value is -2.42.